The maximum absolute atomic E-state index is 6.20. The van der Waals surface area contributed by atoms with E-state index >= 15 is 0 Å². The minimum Gasteiger partial charge on any atom is -0.385 e. The Morgan fingerprint density at radius 1 is 1.24 bits per heavy atom. The zero-order valence-electron chi connectivity index (χ0n) is 13.2. The number of nitrogens with zero attached hydrogens (tertiary/aromatic N) is 2. The first-order chi connectivity index (χ1) is 10.2. The van der Waals surface area contributed by atoms with E-state index in [-0.39, 0.29) is 0 Å². The molecule has 0 spiro atoms. The summed E-state index contributed by atoms with van der Waals surface area (Å²) in [6.07, 6.45) is 2.67. The van der Waals surface area contributed by atoms with Crippen LogP contribution in [0.2, 0.25) is 5.02 Å². The summed E-state index contributed by atoms with van der Waals surface area (Å²) < 4.78 is 10.3. The second kappa shape index (κ2) is 10.8. The summed E-state index contributed by atoms with van der Waals surface area (Å²) in [4.78, 5) is 6.65. The van der Waals surface area contributed by atoms with Crippen molar-refractivity contribution in [2.75, 3.05) is 52.0 Å². The van der Waals surface area contributed by atoms with Crippen LogP contribution < -0.4 is 10.2 Å². The molecule has 0 saturated heterocycles. The van der Waals surface area contributed by atoms with Gasteiger partial charge in [-0.25, -0.2) is 4.98 Å². The van der Waals surface area contributed by atoms with Gasteiger partial charge in [0.05, 0.1) is 11.6 Å². The Morgan fingerprint density at radius 2 is 2.00 bits per heavy atom. The number of rotatable bonds is 11. The third-order valence-corrected chi connectivity index (χ3v) is 3.49. The van der Waals surface area contributed by atoms with Crippen LogP contribution in [-0.4, -0.2) is 52.1 Å². The Morgan fingerprint density at radius 3 is 2.67 bits per heavy atom. The minimum atomic E-state index is 0.666. The number of hydrogen-bond donors (Lipinski definition) is 1. The molecule has 1 aromatic heterocycles. The van der Waals surface area contributed by atoms with Crippen molar-refractivity contribution in [1.82, 2.24) is 10.3 Å². The molecule has 0 aromatic carbocycles. The Bertz CT molecular complexity index is 405. The molecule has 0 aliphatic rings. The Balaban J connectivity index is 2.78. The van der Waals surface area contributed by atoms with E-state index in [9.17, 15) is 0 Å². The van der Waals surface area contributed by atoms with Crippen LogP contribution in [0.5, 0.6) is 0 Å². The molecule has 0 saturated carbocycles. The Hall–Kier alpha value is -0.880. The standard InChI is InChI=1S/C15H26ClN3O2/c1-4-17-11-13-10-15(18-12-14(13)16)19(7-9-21-3)6-5-8-20-2/h10,12,17H,4-9,11H2,1-3H3. The molecular formula is C15H26ClN3O2. The molecule has 1 heterocycles. The lowest BCUT2D eigenvalue weighted by molar-refractivity contribution is 0.191. The molecule has 21 heavy (non-hydrogen) atoms. The van der Waals surface area contributed by atoms with Gasteiger partial charge in [-0.3, -0.25) is 0 Å². The average Bonchev–Trinajstić information content (AvgIpc) is 2.50. The van der Waals surface area contributed by atoms with Crippen molar-refractivity contribution >= 4 is 17.4 Å². The summed E-state index contributed by atoms with van der Waals surface area (Å²) in [5, 5.41) is 3.99. The highest BCUT2D eigenvalue weighted by atomic mass is 35.5. The number of halogens is 1. The van der Waals surface area contributed by atoms with Crippen molar-refractivity contribution in [2.24, 2.45) is 0 Å². The molecule has 5 nitrogen and oxygen atoms in total. The molecule has 6 heteroatoms. The molecule has 0 amide bonds. The maximum Gasteiger partial charge on any atom is 0.128 e. The molecule has 1 aromatic rings. The molecule has 0 radical (unpaired) electrons. The summed E-state index contributed by atoms with van der Waals surface area (Å²) in [5.41, 5.74) is 1.07. The first-order valence-corrected chi connectivity index (χ1v) is 7.68. The lowest BCUT2D eigenvalue weighted by Crippen LogP contribution is -2.30. The predicted octanol–water partition coefficient (Wildman–Crippen LogP) is 2.33. The fraction of sp³-hybridized carbons (Fsp3) is 0.667. The Kier molecular flexibility index (Phi) is 9.34. The summed E-state index contributed by atoms with van der Waals surface area (Å²) in [7, 11) is 3.42. The molecule has 0 bridgehead atoms. The van der Waals surface area contributed by atoms with Crippen LogP contribution in [0, 0.1) is 0 Å². The molecule has 0 unspecified atom stereocenters. The van der Waals surface area contributed by atoms with Crippen LogP contribution in [0.3, 0.4) is 0 Å². The summed E-state index contributed by atoms with van der Waals surface area (Å²) in [6, 6.07) is 2.05. The van der Waals surface area contributed by atoms with Crippen LogP contribution in [0.4, 0.5) is 5.82 Å². The number of aromatic nitrogens is 1. The minimum absolute atomic E-state index is 0.666. The van der Waals surface area contributed by atoms with Gasteiger partial charge < -0.3 is 19.7 Å². The van der Waals surface area contributed by atoms with Crippen LogP contribution in [0.1, 0.15) is 18.9 Å². The van der Waals surface area contributed by atoms with E-state index < -0.39 is 0 Å². The van der Waals surface area contributed by atoms with Gasteiger partial charge in [0.2, 0.25) is 0 Å². The number of hydrogen-bond acceptors (Lipinski definition) is 5. The van der Waals surface area contributed by atoms with Gasteiger partial charge >= 0.3 is 0 Å². The average molecular weight is 316 g/mol. The van der Waals surface area contributed by atoms with Crippen molar-refractivity contribution < 1.29 is 9.47 Å². The molecule has 0 atom stereocenters. The number of methoxy groups -OCH3 is 2. The van der Waals surface area contributed by atoms with E-state index in [1.54, 1.807) is 20.4 Å². The van der Waals surface area contributed by atoms with E-state index in [0.717, 1.165) is 50.6 Å². The molecule has 1 rings (SSSR count). The highest BCUT2D eigenvalue weighted by molar-refractivity contribution is 6.31. The van der Waals surface area contributed by atoms with Crippen LogP contribution in [-0.2, 0) is 16.0 Å². The second-order valence-electron chi connectivity index (χ2n) is 4.74. The third kappa shape index (κ3) is 6.61. The summed E-state index contributed by atoms with van der Waals surface area (Å²) >= 11 is 6.20. The van der Waals surface area contributed by atoms with Gasteiger partial charge in [-0.05, 0) is 24.6 Å². The van der Waals surface area contributed by atoms with Gasteiger partial charge in [0.15, 0.2) is 0 Å². The van der Waals surface area contributed by atoms with Crippen molar-refractivity contribution in [3.05, 3.63) is 22.8 Å². The van der Waals surface area contributed by atoms with Gasteiger partial charge in [0.25, 0.3) is 0 Å². The van der Waals surface area contributed by atoms with Crippen LogP contribution in [0.25, 0.3) is 0 Å². The molecule has 0 fully saturated rings. The van der Waals surface area contributed by atoms with Crippen molar-refractivity contribution in [3.63, 3.8) is 0 Å². The van der Waals surface area contributed by atoms with E-state index in [1.807, 2.05) is 6.07 Å². The molecule has 0 aliphatic heterocycles. The van der Waals surface area contributed by atoms with Crippen molar-refractivity contribution in [2.45, 2.75) is 19.9 Å². The lowest BCUT2D eigenvalue weighted by Gasteiger charge is -2.24. The summed E-state index contributed by atoms with van der Waals surface area (Å²) in [6.45, 7) is 6.82. The van der Waals surface area contributed by atoms with Gasteiger partial charge in [-0.1, -0.05) is 18.5 Å². The number of nitrogens with one attached hydrogen (secondary N) is 1. The van der Waals surface area contributed by atoms with Crippen molar-refractivity contribution in [1.29, 1.82) is 0 Å². The normalized spacial score (nSPS) is 10.9. The third-order valence-electron chi connectivity index (χ3n) is 3.15. The van der Waals surface area contributed by atoms with Crippen LogP contribution in [0.15, 0.2) is 12.3 Å². The fourth-order valence-corrected chi connectivity index (χ4v) is 2.15. The van der Waals surface area contributed by atoms with Crippen molar-refractivity contribution in [3.8, 4) is 0 Å². The molecular weight excluding hydrogens is 290 g/mol. The largest absolute Gasteiger partial charge is 0.385 e. The quantitative estimate of drug-likeness (QED) is 0.635. The van der Waals surface area contributed by atoms with Gasteiger partial charge in [-0.2, -0.15) is 0 Å². The van der Waals surface area contributed by atoms with Crippen LogP contribution >= 0.6 is 11.6 Å². The Labute approximate surface area is 132 Å². The maximum atomic E-state index is 6.20. The smallest absolute Gasteiger partial charge is 0.128 e. The lowest BCUT2D eigenvalue weighted by atomic mass is 10.2. The van der Waals surface area contributed by atoms with E-state index in [4.69, 9.17) is 21.1 Å². The number of ether oxygens (including phenoxy) is 2. The second-order valence-corrected chi connectivity index (χ2v) is 5.15. The molecule has 120 valence electrons. The monoisotopic (exact) mass is 315 g/mol. The fourth-order valence-electron chi connectivity index (χ4n) is 1.98. The predicted molar refractivity (Wildman–Crippen MR) is 87.2 cm³/mol. The molecule has 1 N–H and O–H groups in total. The first kappa shape index (κ1) is 18.2. The first-order valence-electron chi connectivity index (χ1n) is 7.30. The number of anilines is 1. The summed E-state index contributed by atoms with van der Waals surface area (Å²) in [5.74, 6) is 0.931. The molecule has 0 aliphatic carbocycles. The topological polar surface area (TPSA) is 46.6 Å². The zero-order valence-corrected chi connectivity index (χ0v) is 13.9. The van der Waals surface area contributed by atoms with E-state index in [2.05, 4.69) is 22.1 Å². The van der Waals surface area contributed by atoms with E-state index in [0.29, 0.717) is 11.6 Å². The van der Waals surface area contributed by atoms with E-state index in [1.165, 1.54) is 0 Å². The van der Waals surface area contributed by atoms with Gasteiger partial charge in [-0.15, -0.1) is 0 Å². The van der Waals surface area contributed by atoms with Gasteiger partial charge in [0, 0.05) is 46.7 Å². The SMILES string of the molecule is CCNCc1cc(N(CCCOC)CCOC)ncc1Cl. The number of pyridine rings is 1. The highest BCUT2D eigenvalue weighted by Gasteiger charge is 2.10. The highest BCUT2D eigenvalue weighted by Crippen LogP contribution is 2.20. The zero-order chi connectivity index (χ0) is 15.5. The van der Waals surface area contributed by atoms with Gasteiger partial charge in [0.1, 0.15) is 5.82 Å².